The first-order chi connectivity index (χ1) is 9.78. The quantitative estimate of drug-likeness (QED) is 0.748. The molecule has 0 unspecified atom stereocenters. The summed E-state index contributed by atoms with van der Waals surface area (Å²) in [6, 6.07) is 0.608. The minimum Gasteiger partial charge on any atom is -0.396 e. The van der Waals surface area contributed by atoms with Gasteiger partial charge in [-0.2, -0.15) is 0 Å². The Hall–Kier alpha value is -0.520. The van der Waals surface area contributed by atoms with Crippen molar-refractivity contribution in [3.8, 4) is 0 Å². The van der Waals surface area contributed by atoms with Crippen LogP contribution in [0.3, 0.4) is 0 Å². The lowest BCUT2D eigenvalue weighted by molar-refractivity contribution is 0.251. The number of hydrogen-bond donors (Lipinski definition) is 2. The molecule has 4 nitrogen and oxygen atoms in total. The van der Waals surface area contributed by atoms with Gasteiger partial charge in [0.1, 0.15) is 5.82 Å². The number of rotatable bonds is 7. The fraction of sp³-hybridized carbons (Fsp3) is 0.733. The zero-order valence-corrected chi connectivity index (χ0v) is 13.5. The van der Waals surface area contributed by atoms with E-state index in [-0.39, 0.29) is 0 Å². The van der Waals surface area contributed by atoms with E-state index in [9.17, 15) is 0 Å². The van der Waals surface area contributed by atoms with Crippen molar-refractivity contribution in [1.82, 2.24) is 15.3 Å². The van der Waals surface area contributed by atoms with Gasteiger partial charge >= 0.3 is 0 Å². The molecule has 1 aliphatic rings. The molecular weight excluding hydrogens is 318 g/mol. The predicted octanol–water partition coefficient (Wildman–Crippen LogP) is 3.05. The van der Waals surface area contributed by atoms with Gasteiger partial charge in [0.2, 0.25) is 0 Å². The predicted molar refractivity (Wildman–Crippen MR) is 83.3 cm³/mol. The Morgan fingerprint density at radius 2 is 1.85 bits per heavy atom. The maximum Gasteiger partial charge on any atom is 0.142 e. The summed E-state index contributed by atoms with van der Waals surface area (Å²) in [5, 5.41) is 12.4. The third-order valence-corrected chi connectivity index (χ3v) is 4.50. The molecule has 0 amide bonds. The highest BCUT2D eigenvalue weighted by atomic mass is 79.9. The van der Waals surface area contributed by atoms with Crippen molar-refractivity contribution < 1.29 is 5.11 Å². The maximum atomic E-state index is 8.81. The molecule has 0 saturated heterocycles. The zero-order chi connectivity index (χ0) is 14.2. The van der Waals surface area contributed by atoms with E-state index in [1.165, 1.54) is 38.5 Å². The number of aliphatic hydroxyl groups excluding tert-OH is 1. The number of aliphatic hydroxyl groups is 1. The van der Waals surface area contributed by atoms with Crippen LogP contribution in [0, 0.1) is 5.92 Å². The Morgan fingerprint density at radius 3 is 2.50 bits per heavy atom. The maximum absolute atomic E-state index is 8.81. The second-order valence-corrected chi connectivity index (χ2v) is 6.55. The van der Waals surface area contributed by atoms with Crippen LogP contribution in [0.25, 0.3) is 0 Å². The molecule has 5 heteroatoms. The average Bonchev–Trinajstić information content (AvgIpc) is 2.48. The summed E-state index contributed by atoms with van der Waals surface area (Å²) < 4.78 is 0.921. The molecule has 1 heterocycles. The Bertz CT molecular complexity index is 377. The van der Waals surface area contributed by atoms with Crippen LogP contribution in [0.15, 0.2) is 16.9 Å². The Labute approximate surface area is 129 Å². The van der Waals surface area contributed by atoms with Crippen molar-refractivity contribution in [2.75, 3.05) is 6.61 Å². The first-order valence-electron chi connectivity index (χ1n) is 7.58. The van der Waals surface area contributed by atoms with Crippen LogP contribution in [0.5, 0.6) is 0 Å². The molecule has 2 N–H and O–H groups in total. The molecule has 1 saturated carbocycles. The van der Waals surface area contributed by atoms with Gasteiger partial charge in [-0.15, -0.1) is 0 Å². The van der Waals surface area contributed by atoms with Gasteiger partial charge in [-0.3, -0.25) is 0 Å². The number of unbranched alkanes of at least 4 members (excludes halogenated alkanes) is 1. The highest BCUT2D eigenvalue weighted by Gasteiger charge is 2.20. The van der Waals surface area contributed by atoms with Crippen LogP contribution >= 0.6 is 15.9 Å². The highest BCUT2D eigenvalue weighted by Crippen LogP contribution is 2.28. The minimum atomic E-state index is 0.337. The van der Waals surface area contributed by atoms with Gasteiger partial charge < -0.3 is 10.4 Å². The lowest BCUT2D eigenvalue weighted by atomic mass is 9.83. The molecule has 20 heavy (non-hydrogen) atoms. The van der Waals surface area contributed by atoms with Crippen molar-refractivity contribution in [1.29, 1.82) is 0 Å². The van der Waals surface area contributed by atoms with Gasteiger partial charge in [0.05, 0.1) is 11.0 Å². The van der Waals surface area contributed by atoms with E-state index in [1.807, 2.05) is 0 Å². The third kappa shape index (κ3) is 5.46. The summed E-state index contributed by atoms with van der Waals surface area (Å²) in [7, 11) is 0. The van der Waals surface area contributed by atoms with E-state index in [0.717, 1.165) is 29.2 Å². The van der Waals surface area contributed by atoms with Gasteiger partial charge in [-0.1, -0.05) is 12.8 Å². The van der Waals surface area contributed by atoms with Crippen LogP contribution < -0.4 is 5.32 Å². The normalized spacial score (nSPS) is 22.9. The number of nitrogens with zero attached hydrogens (tertiary/aromatic N) is 2. The molecule has 1 fully saturated rings. The second-order valence-electron chi connectivity index (χ2n) is 5.64. The Morgan fingerprint density at radius 1 is 1.15 bits per heavy atom. The SMILES string of the molecule is OCCCCC1CCC(NCc2ncc(Br)cn2)CC1. The number of halogens is 1. The molecule has 2 rings (SSSR count). The van der Waals surface area contributed by atoms with Gasteiger partial charge in [0.25, 0.3) is 0 Å². The zero-order valence-electron chi connectivity index (χ0n) is 11.9. The lowest BCUT2D eigenvalue weighted by Crippen LogP contribution is -2.33. The summed E-state index contributed by atoms with van der Waals surface area (Å²) in [5.74, 6) is 1.72. The van der Waals surface area contributed by atoms with E-state index in [1.54, 1.807) is 12.4 Å². The van der Waals surface area contributed by atoms with Gasteiger partial charge in [0, 0.05) is 25.0 Å². The molecule has 1 aliphatic carbocycles. The second kappa shape index (κ2) is 8.70. The summed E-state index contributed by atoms with van der Waals surface area (Å²) in [5.41, 5.74) is 0. The lowest BCUT2D eigenvalue weighted by Gasteiger charge is -2.29. The van der Waals surface area contributed by atoms with E-state index >= 15 is 0 Å². The standard InChI is InChI=1S/C15H24BrN3O/c16-13-9-18-15(19-10-13)11-17-14-6-4-12(5-7-14)3-1-2-8-20/h9-10,12,14,17,20H,1-8,11H2. The van der Waals surface area contributed by atoms with Crippen molar-refractivity contribution in [3.05, 3.63) is 22.7 Å². The molecule has 112 valence electrons. The van der Waals surface area contributed by atoms with Crippen LogP contribution in [-0.4, -0.2) is 27.7 Å². The third-order valence-electron chi connectivity index (χ3n) is 4.09. The molecule has 0 radical (unpaired) electrons. The average molecular weight is 342 g/mol. The van der Waals surface area contributed by atoms with Crippen molar-refractivity contribution in [3.63, 3.8) is 0 Å². The van der Waals surface area contributed by atoms with Crippen LogP contribution in [0.1, 0.15) is 50.8 Å². The fourth-order valence-corrected chi connectivity index (χ4v) is 3.07. The van der Waals surface area contributed by atoms with Crippen molar-refractivity contribution in [2.24, 2.45) is 5.92 Å². The highest BCUT2D eigenvalue weighted by molar-refractivity contribution is 9.10. The summed E-state index contributed by atoms with van der Waals surface area (Å²) >= 11 is 3.34. The number of aromatic nitrogens is 2. The summed E-state index contributed by atoms with van der Waals surface area (Å²) in [6.07, 6.45) is 12.1. The first kappa shape index (κ1) is 15.9. The summed E-state index contributed by atoms with van der Waals surface area (Å²) in [4.78, 5) is 8.57. The molecule has 0 aromatic carbocycles. The van der Waals surface area contributed by atoms with E-state index in [4.69, 9.17) is 5.11 Å². The number of nitrogens with one attached hydrogen (secondary N) is 1. The van der Waals surface area contributed by atoms with Crippen molar-refractivity contribution >= 4 is 15.9 Å². The Balaban J connectivity index is 1.63. The van der Waals surface area contributed by atoms with Gasteiger partial charge in [-0.05, 0) is 54.0 Å². The van der Waals surface area contributed by atoms with Crippen LogP contribution in [0.2, 0.25) is 0 Å². The number of hydrogen-bond acceptors (Lipinski definition) is 4. The van der Waals surface area contributed by atoms with Crippen LogP contribution in [-0.2, 0) is 6.54 Å². The van der Waals surface area contributed by atoms with Gasteiger partial charge in [0.15, 0.2) is 0 Å². The molecule has 1 aromatic rings. The monoisotopic (exact) mass is 341 g/mol. The molecule has 0 spiro atoms. The molecule has 0 atom stereocenters. The molecule has 1 aromatic heterocycles. The van der Waals surface area contributed by atoms with E-state index in [2.05, 4.69) is 31.2 Å². The molecule has 0 aliphatic heterocycles. The van der Waals surface area contributed by atoms with E-state index in [0.29, 0.717) is 12.6 Å². The largest absolute Gasteiger partial charge is 0.396 e. The summed E-state index contributed by atoms with van der Waals surface area (Å²) in [6.45, 7) is 1.09. The topological polar surface area (TPSA) is 58.0 Å². The smallest absolute Gasteiger partial charge is 0.142 e. The van der Waals surface area contributed by atoms with Crippen molar-refractivity contribution in [2.45, 2.75) is 57.5 Å². The van der Waals surface area contributed by atoms with Gasteiger partial charge in [-0.25, -0.2) is 9.97 Å². The fourth-order valence-electron chi connectivity index (χ4n) is 2.87. The first-order valence-corrected chi connectivity index (χ1v) is 8.38. The van der Waals surface area contributed by atoms with E-state index < -0.39 is 0 Å². The minimum absolute atomic E-state index is 0.337. The Kier molecular flexibility index (Phi) is 6.90. The van der Waals surface area contributed by atoms with Crippen LogP contribution in [0.4, 0.5) is 0 Å². The molecule has 0 bridgehead atoms. The molecular formula is C15H24BrN3O.